The molecule has 0 radical (unpaired) electrons. The van der Waals surface area contributed by atoms with Crippen LogP contribution in [0.3, 0.4) is 0 Å². The molecule has 0 aliphatic rings. The summed E-state index contributed by atoms with van der Waals surface area (Å²) in [6, 6.07) is 7.62. The Balaban J connectivity index is 1.88. The van der Waals surface area contributed by atoms with Crippen molar-refractivity contribution in [3.05, 3.63) is 47.6 Å². The normalized spacial score (nSPS) is 10.8. The molecule has 1 aromatic carbocycles. The van der Waals surface area contributed by atoms with Crippen LogP contribution in [-0.2, 0) is 16.1 Å². The van der Waals surface area contributed by atoms with E-state index in [0.717, 1.165) is 11.3 Å². The number of aromatic nitrogens is 2. The highest BCUT2D eigenvalue weighted by Gasteiger charge is 2.01. The molecular weight excluding hydrogens is 270 g/mol. The second kappa shape index (κ2) is 7.23. The fourth-order valence-corrected chi connectivity index (χ4v) is 1.66. The quantitative estimate of drug-likeness (QED) is 0.650. The first kappa shape index (κ1) is 14.8. The van der Waals surface area contributed by atoms with Gasteiger partial charge in [-0.1, -0.05) is 17.3 Å². The molecular formula is C15H17N3O3. The average Bonchev–Trinajstić information content (AvgIpc) is 2.90. The lowest BCUT2D eigenvalue weighted by atomic mass is 10.2. The van der Waals surface area contributed by atoms with Crippen molar-refractivity contribution in [1.29, 1.82) is 0 Å². The molecule has 0 fully saturated rings. The summed E-state index contributed by atoms with van der Waals surface area (Å²) in [5.74, 6) is 0.816. The summed E-state index contributed by atoms with van der Waals surface area (Å²) in [5.41, 5.74) is 1.85. The Morgan fingerprint density at radius 3 is 2.76 bits per heavy atom. The smallest absolute Gasteiger partial charge is 0.330 e. The third-order valence-electron chi connectivity index (χ3n) is 2.62. The van der Waals surface area contributed by atoms with Crippen molar-refractivity contribution in [2.45, 2.75) is 20.4 Å². The van der Waals surface area contributed by atoms with Crippen LogP contribution in [0.1, 0.15) is 24.2 Å². The topological polar surface area (TPSA) is 77.2 Å². The van der Waals surface area contributed by atoms with E-state index in [4.69, 9.17) is 9.26 Å². The molecule has 1 N–H and O–H groups in total. The van der Waals surface area contributed by atoms with Gasteiger partial charge >= 0.3 is 5.97 Å². The maximum Gasteiger partial charge on any atom is 0.330 e. The number of aryl methyl sites for hydroxylation is 1. The summed E-state index contributed by atoms with van der Waals surface area (Å²) in [7, 11) is 0. The average molecular weight is 287 g/mol. The molecule has 6 nitrogen and oxygen atoms in total. The molecule has 2 rings (SSSR count). The first-order valence-electron chi connectivity index (χ1n) is 6.65. The molecule has 0 spiro atoms. The van der Waals surface area contributed by atoms with Crippen molar-refractivity contribution in [1.82, 2.24) is 10.1 Å². The minimum Gasteiger partial charge on any atom is -0.463 e. The summed E-state index contributed by atoms with van der Waals surface area (Å²) in [6.07, 6.45) is 3.12. The van der Waals surface area contributed by atoms with Crippen LogP contribution in [0, 0.1) is 6.92 Å². The van der Waals surface area contributed by atoms with E-state index in [2.05, 4.69) is 15.5 Å². The Labute approximate surface area is 122 Å². The van der Waals surface area contributed by atoms with Crippen LogP contribution in [0.2, 0.25) is 0 Å². The van der Waals surface area contributed by atoms with Gasteiger partial charge in [-0.25, -0.2) is 4.79 Å². The van der Waals surface area contributed by atoms with E-state index in [-0.39, 0.29) is 5.97 Å². The highest BCUT2D eigenvalue weighted by atomic mass is 16.5. The number of nitrogens with one attached hydrogen (secondary N) is 1. The highest BCUT2D eigenvalue weighted by Crippen LogP contribution is 2.12. The van der Waals surface area contributed by atoms with Crippen LogP contribution < -0.4 is 5.32 Å². The zero-order chi connectivity index (χ0) is 15.1. The Morgan fingerprint density at radius 1 is 1.38 bits per heavy atom. The van der Waals surface area contributed by atoms with Gasteiger partial charge in [-0.3, -0.25) is 0 Å². The summed E-state index contributed by atoms with van der Waals surface area (Å²) < 4.78 is 9.83. The van der Waals surface area contributed by atoms with E-state index in [9.17, 15) is 4.79 Å². The van der Waals surface area contributed by atoms with Gasteiger partial charge in [0.25, 0.3) is 0 Å². The van der Waals surface area contributed by atoms with Gasteiger partial charge in [0.05, 0.1) is 13.2 Å². The van der Waals surface area contributed by atoms with Crippen molar-refractivity contribution in [3.63, 3.8) is 0 Å². The maximum absolute atomic E-state index is 11.2. The molecule has 0 saturated heterocycles. The first-order chi connectivity index (χ1) is 10.2. The molecule has 21 heavy (non-hydrogen) atoms. The third kappa shape index (κ3) is 4.76. The molecule has 6 heteroatoms. The van der Waals surface area contributed by atoms with Crippen LogP contribution in [0.15, 0.2) is 34.9 Å². The first-order valence-corrected chi connectivity index (χ1v) is 6.65. The number of ether oxygens (including phenoxy) is 1. The molecule has 2 aromatic rings. The number of rotatable bonds is 6. The van der Waals surface area contributed by atoms with E-state index in [1.54, 1.807) is 19.9 Å². The third-order valence-corrected chi connectivity index (χ3v) is 2.62. The lowest BCUT2D eigenvalue weighted by molar-refractivity contribution is -0.137. The van der Waals surface area contributed by atoms with Gasteiger partial charge < -0.3 is 14.6 Å². The molecule has 1 aromatic heterocycles. The molecule has 0 bridgehead atoms. The van der Waals surface area contributed by atoms with Crippen molar-refractivity contribution >= 4 is 17.7 Å². The number of carbonyl (C=O) groups excluding carboxylic acids is 1. The molecule has 0 amide bonds. The van der Waals surface area contributed by atoms with E-state index >= 15 is 0 Å². The minimum absolute atomic E-state index is 0.341. The summed E-state index contributed by atoms with van der Waals surface area (Å²) in [6.45, 7) is 4.40. The van der Waals surface area contributed by atoms with Gasteiger partial charge in [0.1, 0.15) is 0 Å². The van der Waals surface area contributed by atoms with Crippen LogP contribution in [0.4, 0.5) is 5.69 Å². The number of nitrogens with zero attached hydrogens (tertiary/aromatic N) is 2. The molecule has 110 valence electrons. The summed E-state index contributed by atoms with van der Waals surface area (Å²) in [5, 5.41) is 6.89. The van der Waals surface area contributed by atoms with Gasteiger partial charge in [-0.15, -0.1) is 0 Å². The van der Waals surface area contributed by atoms with Crippen LogP contribution in [-0.4, -0.2) is 22.7 Å². The second-order valence-electron chi connectivity index (χ2n) is 4.30. The molecule has 0 saturated carbocycles. The van der Waals surface area contributed by atoms with Crippen molar-refractivity contribution in [2.24, 2.45) is 0 Å². The highest BCUT2D eigenvalue weighted by molar-refractivity contribution is 5.87. The number of carbonyl (C=O) groups is 1. The van der Waals surface area contributed by atoms with Gasteiger partial charge in [0, 0.05) is 11.8 Å². The Bertz CT molecular complexity index is 617. The van der Waals surface area contributed by atoms with Gasteiger partial charge in [-0.05, 0) is 37.6 Å². The standard InChI is InChI=1S/C15H17N3O3/c1-3-20-15(19)9-6-12-4-7-13(8-5-12)16-10-14-17-11(2)18-21-14/h4-9,16H,3,10H2,1-2H3/b9-6-. The van der Waals surface area contributed by atoms with Gasteiger partial charge in [0.15, 0.2) is 5.82 Å². The molecule has 0 atom stereocenters. The predicted molar refractivity (Wildman–Crippen MR) is 78.5 cm³/mol. The molecule has 0 aliphatic heterocycles. The van der Waals surface area contributed by atoms with E-state index in [1.165, 1.54) is 6.08 Å². The lowest BCUT2D eigenvalue weighted by Gasteiger charge is -2.03. The van der Waals surface area contributed by atoms with Crippen LogP contribution >= 0.6 is 0 Å². The molecule has 0 unspecified atom stereocenters. The monoisotopic (exact) mass is 287 g/mol. The van der Waals surface area contributed by atoms with Gasteiger partial charge in [0.2, 0.25) is 5.89 Å². The van der Waals surface area contributed by atoms with Gasteiger partial charge in [-0.2, -0.15) is 4.98 Å². The number of esters is 1. The Morgan fingerprint density at radius 2 is 2.14 bits per heavy atom. The fraction of sp³-hybridized carbons (Fsp3) is 0.267. The lowest BCUT2D eigenvalue weighted by Crippen LogP contribution is -2.00. The zero-order valence-corrected chi connectivity index (χ0v) is 12.0. The van der Waals surface area contributed by atoms with E-state index in [0.29, 0.717) is 24.9 Å². The molecule has 0 aliphatic carbocycles. The number of benzene rings is 1. The predicted octanol–water partition coefficient (Wildman–Crippen LogP) is 2.57. The second-order valence-corrected chi connectivity index (χ2v) is 4.30. The van der Waals surface area contributed by atoms with Crippen LogP contribution in [0.5, 0.6) is 0 Å². The Hall–Kier alpha value is -2.63. The van der Waals surface area contributed by atoms with Crippen LogP contribution in [0.25, 0.3) is 6.08 Å². The maximum atomic E-state index is 11.2. The molecule has 1 heterocycles. The number of hydrogen-bond donors (Lipinski definition) is 1. The number of hydrogen-bond acceptors (Lipinski definition) is 6. The van der Waals surface area contributed by atoms with Crippen molar-refractivity contribution in [3.8, 4) is 0 Å². The summed E-state index contributed by atoms with van der Waals surface area (Å²) in [4.78, 5) is 15.3. The van der Waals surface area contributed by atoms with E-state index in [1.807, 2.05) is 24.3 Å². The summed E-state index contributed by atoms with van der Waals surface area (Å²) >= 11 is 0. The largest absolute Gasteiger partial charge is 0.463 e. The van der Waals surface area contributed by atoms with Crippen molar-refractivity contribution in [2.75, 3.05) is 11.9 Å². The van der Waals surface area contributed by atoms with Crippen molar-refractivity contribution < 1.29 is 14.1 Å². The zero-order valence-electron chi connectivity index (χ0n) is 12.0. The SMILES string of the molecule is CCOC(=O)/C=C\c1ccc(NCc2nc(C)no2)cc1. The Kier molecular flexibility index (Phi) is 5.09. The fourth-order valence-electron chi connectivity index (χ4n) is 1.66. The number of anilines is 1. The minimum atomic E-state index is -0.341. The van der Waals surface area contributed by atoms with E-state index < -0.39 is 0 Å².